The molecule has 0 N–H and O–H groups in total. The normalized spacial score (nSPS) is 13.6. The highest BCUT2D eigenvalue weighted by atomic mass is 35.5. The van der Waals surface area contributed by atoms with Crippen LogP contribution in [0.5, 0.6) is 0 Å². The molecular formula is C15H20ClN. The van der Waals surface area contributed by atoms with Crippen LogP contribution in [0.4, 0.5) is 0 Å². The van der Waals surface area contributed by atoms with Crippen LogP contribution in [0.1, 0.15) is 38.3 Å². The van der Waals surface area contributed by atoms with Gasteiger partial charge < -0.3 is 0 Å². The highest BCUT2D eigenvalue weighted by Crippen LogP contribution is 2.15. The summed E-state index contributed by atoms with van der Waals surface area (Å²) in [4.78, 5) is 4.66. The van der Waals surface area contributed by atoms with E-state index in [9.17, 15) is 0 Å². The third kappa shape index (κ3) is 3.71. The number of rotatable bonds is 4. The number of benzene rings is 1. The zero-order valence-electron chi connectivity index (χ0n) is 11.0. The van der Waals surface area contributed by atoms with Crippen molar-refractivity contribution in [1.82, 2.24) is 0 Å². The maximum Gasteiger partial charge on any atom is 0.0646 e. The van der Waals surface area contributed by atoms with Crippen LogP contribution in [0, 0.1) is 6.92 Å². The number of aliphatic imine (C=N–C) groups is 1. The molecule has 0 aromatic heterocycles. The van der Waals surface area contributed by atoms with E-state index in [1.54, 1.807) is 0 Å². The molecule has 0 spiro atoms. The summed E-state index contributed by atoms with van der Waals surface area (Å²) < 4.78 is 0. The summed E-state index contributed by atoms with van der Waals surface area (Å²) >= 11 is 5.95. The van der Waals surface area contributed by atoms with Gasteiger partial charge in [-0.3, -0.25) is 4.99 Å². The summed E-state index contributed by atoms with van der Waals surface area (Å²) in [6, 6.07) is 8.28. The van der Waals surface area contributed by atoms with Gasteiger partial charge >= 0.3 is 0 Å². The number of aryl methyl sites for hydroxylation is 1. The number of alkyl halides is 1. The molecule has 2 heteroatoms. The predicted octanol–water partition coefficient (Wildman–Crippen LogP) is 4.73. The lowest BCUT2D eigenvalue weighted by Crippen LogP contribution is -2.00. The molecule has 0 saturated carbocycles. The first-order valence-electron chi connectivity index (χ1n) is 5.96. The van der Waals surface area contributed by atoms with Crippen molar-refractivity contribution in [2.24, 2.45) is 4.99 Å². The zero-order valence-corrected chi connectivity index (χ0v) is 11.8. The summed E-state index contributed by atoms with van der Waals surface area (Å²) in [7, 11) is 0. The van der Waals surface area contributed by atoms with Crippen LogP contribution in [0.25, 0.3) is 0 Å². The van der Waals surface area contributed by atoms with E-state index >= 15 is 0 Å². The molecular weight excluding hydrogens is 230 g/mol. The molecule has 0 bridgehead atoms. The second-order valence-corrected chi connectivity index (χ2v) is 4.49. The molecule has 0 heterocycles. The molecule has 0 amide bonds. The lowest BCUT2D eigenvalue weighted by molar-refractivity contribution is 1.04. The van der Waals surface area contributed by atoms with Gasteiger partial charge in [-0.25, -0.2) is 0 Å². The van der Waals surface area contributed by atoms with E-state index in [0.29, 0.717) is 5.88 Å². The van der Waals surface area contributed by atoms with Crippen molar-refractivity contribution in [3.05, 3.63) is 46.7 Å². The van der Waals surface area contributed by atoms with Gasteiger partial charge in [0.05, 0.1) is 11.6 Å². The van der Waals surface area contributed by atoms with Gasteiger partial charge in [-0.05, 0) is 38.3 Å². The Labute approximate surface area is 109 Å². The van der Waals surface area contributed by atoms with Gasteiger partial charge in [0.15, 0.2) is 0 Å². The van der Waals surface area contributed by atoms with Gasteiger partial charge in [-0.1, -0.05) is 36.8 Å². The fraction of sp³-hybridized carbons (Fsp3) is 0.400. The third-order valence-electron chi connectivity index (χ3n) is 2.99. The number of halogens is 1. The summed E-state index contributed by atoms with van der Waals surface area (Å²) in [6.45, 7) is 8.36. The second-order valence-electron chi connectivity index (χ2n) is 4.23. The fourth-order valence-corrected chi connectivity index (χ4v) is 1.97. The van der Waals surface area contributed by atoms with Gasteiger partial charge in [-0.2, -0.15) is 0 Å². The molecule has 0 aliphatic rings. The smallest absolute Gasteiger partial charge is 0.0646 e. The van der Waals surface area contributed by atoms with Crippen molar-refractivity contribution in [1.29, 1.82) is 0 Å². The van der Waals surface area contributed by atoms with Crippen LogP contribution in [0.3, 0.4) is 0 Å². The van der Waals surface area contributed by atoms with E-state index < -0.39 is 0 Å². The van der Waals surface area contributed by atoms with Crippen molar-refractivity contribution in [2.75, 3.05) is 5.88 Å². The minimum absolute atomic E-state index is 0.475. The minimum atomic E-state index is 0.475. The molecule has 1 aromatic carbocycles. The standard InChI is InChI=1S/C15H20ClN/c1-5-11(2)15(10-16)17-13(4)14-9-7-6-8-12(14)3/h6-9H,5,10H2,1-4H3/b15-11+,17-13?. The Hall–Kier alpha value is -1.08. The SMILES string of the molecule is CC/C(C)=C(\CCl)N=C(C)c1ccccc1C. The lowest BCUT2D eigenvalue weighted by Gasteiger charge is -2.08. The summed E-state index contributed by atoms with van der Waals surface area (Å²) in [5.41, 5.74) is 5.73. The predicted molar refractivity (Wildman–Crippen MR) is 77.1 cm³/mol. The number of hydrogen-bond donors (Lipinski definition) is 0. The van der Waals surface area contributed by atoms with E-state index in [1.165, 1.54) is 16.7 Å². The van der Waals surface area contributed by atoms with E-state index in [4.69, 9.17) is 11.6 Å². The largest absolute Gasteiger partial charge is 0.256 e. The summed E-state index contributed by atoms with van der Waals surface area (Å²) in [5.74, 6) is 0.475. The van der Waals surface area contributed by atoms with Gasteiger partial charge in [0.1, 0.15) is 0 Å². The molecule has 0 unspecified atom stereocenters. The highest BCUT2D eigenvalue weighted by Gasteiger charge is 2.03. The van der Waals surface area contributed by atoms with Crippen molar-refractivity contribution >= 4 is 17.3 Å². The Balaban J connectivity index is 3.12. The first-order valence-corrected chi connectivity index (χ1v) is 6.49. The topological polar surface area (TPSA) is 12.4 Å². The molecule has 0 aliphatic carbocycles. The molecule has 0 radical (unpaired) electrons. The average Bonchev–Trinajstić information content (AvgIpc) is 2.35. The van der Waals surface area contributed by atoms with Gasteiger partial charge in [0, 0.05) is 5.71 Å². The van der Waals surface area contributed by atoms with Crippen molar-refractivity contribution < 1.29 is 0 Å². The van der Waals surface area contributed by atoms with Crippen molar-refractivity contribution in [3.8, 4) is 0 Å². The maximum atomic E-state index is 5.95. The second kappa shape index (κ2) is 6.61. The Bertz CT molecular complexity index is 444. The highest BCUT2D eigenvalue weighted by molar-refractivity contribution is 6.19. The monoisotopic (exact) mass is 249 g/mol. The first-order chi connectivity index (χ1) is 8.10. The quantitative estimate of drug-likeness (QED) is 0.541. The molecule has 0 atom stereocenters. The molecule has 0 aliphatic heterocycles. The Morgan fingerprint density at radius 2 is 1.88 bits per heavy atom. The van der Waals surface area contributed by atoms with Crippen LogP contribution in [0.2, 0.25) is 0 Å². The molecule has 1 aromatic rings. The van der Waals surface area contributed by atoms with Crippen molar-refractivity contribution in [3.63, 3.8) is 0 Å². The van der Waals surface area contributed by atoms with E-state index in [-0.39, 0.29) is 0 Å². The van der Waals surface area contributed by atoms with Crippen LogP contribution in [-0.2, 0) is 0 Å². The van der Waals surface area contributed by atoms with Crippen LogP contribution in [0.15, 0.2) is 40.5 Å². The van der Waals surface area contributed by atoms with Crippen LogP contribution >= 0.6 is 11.6 Å². The van der Waals surface area contributed by atoms with Crippen LogP contribution in [-0.4, -0.2) is 11.6 Å². The molecule has 1 rings (SSSR count). The van der Waals surface area contributed by atoms with Gasteiger partial charge in [-0.15, -0.1) is 11.6 Å². The molecule has 92 valence electrons. The van der Waals surface area contributed by atoms with Crippen molar-refractivity contribution in [2.45, 2.75) is 34.1 Å². The van der Waals surface area contributed by atoms with Gasteiger partial charge in [0.2, 0.25) is 0 Å². The number of nitrogens with zero attached hydrogens (tertiary/aromatic N) is 1. The Kier molecular flexibility index (Phi) is 5.43. The lowest BCUT2D eigenvalue weighted by atomic mass is 10.1. The molecule has 0 saturated heterocycles. The maximum absolute atomic E-state index is 5.95. The van der Waals surface area contributed by atoms with E-state index in [2.05, 4.69) is 37.9 Å². The number of allylic oxidation sites excluding steroid dienone is 2. The Morgan fingerprint density at radius 1 is 1.24 bits per heavy atom. The number of hydrogen-bond acceptors (Lipinski definition) is 1. The summed E-state index contributed by atoms with van der Waals surface area (Å²) in [5, 5.41) is 0. The molecule has 1 nitrogen and oxygen atoms in total. The third-order valence-corrected chi connectivity index (χ3v) is 3.24. The Morgan fingerprint density at radius 3 is 2.41 bits per heavy atom. The average molecular weight is 250 g/mol. The zero-order chi connectivity index (χ0) is 12.8. The first kappa shape index (κ1) is 14.0. The molecule has 0 fully saturated rings. The van der Waals surface area contributed by atoms with Gasteiger partial charge in [0.25, 0.3) is 0 Å². The molecule has 17 heavy (non-hydrogen) atoms. The minimum Gasteiger partial charge on any atom is -0.256 e. The summed E-state index contributed by atoms with van der Waals surface area (Å²) in [6.07, 6.45) is 0.993. The van der Waals surface area contributed by atoms with E-state index in [0.717, 1.165) is 17.8 Å². The van der Waals surface area contributed by atoms with Crippen LogP contribution < -0.4 is 0 Å². The van der Waals surface area contributed by atoms with E-state index in [1.807, 2.05) is 19.1 Å². The fourth-order valence-electron chi connectivity index (χ4n) is 1.68.